The molecule has 0 bridgehead atoms. The molecule has 1 saturated carbocycles. The zero-order valence-corrected chi connectivity index (χ0v) is 8.52. The van der Waals surface area contributed by atoms with Crippen molar-refractivity contribution in [1.29, 1.82) is 0 Å². The minimum Gasteiger partial charge on any atom is -0.299 e. The van der Waals surface area contributed by atoms with Gasteiger partial charge in [0.25, 0.3) is 0 Å². The molecule has 1 aliphatic carbocycles. The zero-order chi connectivity index (χ0) is 9.19. The number of hydrogen-bond donors (Lipinski definition) is 0. The number of hydrogen-bond acceptors (Lipinski definition) is 1. The Balaban J connectivity index is 2.34. The molecule has 0 heterocycles. The second-order valence-corrected chi connectivity index (χ2v) is 4.79. The summed E-state index contributed by atoms with van der Waals surface area (Å²) in [5.74, 6) is 0.934. The molecule has 0 aliphatic heterocycles. The van der Waals surface area contributed by atoms with E-state index in [4.69, 9.17) is 0 Å². The lowest BCUT2D eigenvalue weighted by molar-refractivity contribution is -0.127. The lowest BCUT2D eigenvalue weighted by atomic mass is 9.75. The first-order valence-corrected chi connectivity index (χ1v) is 5.08. The van der Waals surface area contributed by atoms with Gasteiger partial charge >= 0.3 is 0 Å². The van der Waals surface area contributed by atoms with Crippen molar-refractivity contribution in [2.24, 2.45) is 11.3 Å². The van der Waals surface area contributed by atoms with Gasteiger partial charge < -0.3 is 0 Å². The van der Waals surface area contributed by atoms with E-state index >= 15 is 0 Å². The lowest BCUT2D eigenvalue weighted by Gasteiger charge is -2.29. The van der Waals surface area contributed by atoms with E-state index in [2.05, 4.69) is 20.8 Å². The summed E-state index contributed by atoms with van der Waals surface area (Å²) in [5, 5.41) is 0. The molecule has 12 heavy (non-hydrogen) atoms. The quantitative estimate of drug-likeness (QED) is 0.630. The van der Waals surface area contributed by atoms with Crippen molar-refractivity contribution < 1.29 is 4.79 Å². The molecular formula is C11H20O. The first-order chi connectivity index (χ1) is 5.55. The van der Waals surface area contributed by atoms with Gasteiger partial charge in [0.1, 0.15) is 5.78 Å². The van der Waals surface area contributed by atoms with Crippen LogP contribution in [-0.2, 0) is 4.79 Å². The highest BCUT2D eigenvalue weighted by Crippen LogP contribution is 2.33. The van der Waals surface area contributed by atoms with Crippen LogP contribution >= 0.6 is 0 Å². The summed E-state index contributed by atoms with van der Waals surface area (Å²) in [6.07, 6.45) is 5.46. The van der Waals surface area contributed by atoms with Crippen molar-refractivity contribution >= 4 is 5.78 Å². The summed E-state index contributed by atoms with van der Waals surface area (Å²) in [4.78, 5) is 11.6. The maximum atomic E-state index is 11.6. The van der Waals surface area contributed by atoms with Crippen molar-refractivity contribution in [3.8, 4) is 0 Å². The van der Waals surface area contributed by atoms with Gasteiger partial charge in [-0.15, -0.1) is 0 Å². The number of carbonyl (C=O) groups excluding carboxylic acids is 1. The third kappa shape index (κ3) is 2.33. The van der Waals surface area contributed by atoms with Gasteiger partial charge in [-0.05, 0) is 18.3 Å². The van der Waals surface area contributed by atoms with Gasteiger partial charge in [0.15, 0.2) is 0 Å². The van der Waals surface area contributed by atoms with Crippen molar-refractivity contribution in [3.63, 3.8) is 0 Å². The van der Waals surface area contributed by atoms with E-state index in [0.29, 0.717) is 11.7 Å². The Morgan fingerprint density at radius 1 is 1.42 bits per heavy atom. The van der Waals surface area contributed by atoms with Crippen LogP contribution in [0.2, 0.25) is 0 Å². The van der Waals surface area contributed by atoms with E-state index < -0.39 is 0 Å². The summed E-state index contributed by atoms with van der Waals surface area (Å²) in [6, 6.07) is 0. The minimum absolute atomic E-state index is 0.229. The fourth-order valence-corrected chi connectivity index (χ4v) is 1.47. The molecule has 0 aromatic rings. The van der Waals surface area contributed by atoms with Crippen LogP contribution in [-0.4, -0.2) is 5.78 Å². The maximum absolute atomic E-state index is 11.6. The number of Topliss-reactive ketones (excluding diaryl/α,β-unsaturated/α-hetero) is 1. The Morgan fingerprint density at radius 2 is 2.00 bits per heavy atom. The highest BCUT2D eigenvalue weighted by molar-refractivity contribution is 5.82. The van der Waals surface area contributed by atoms with Gasteiger partial charge in [0, 0.05) is 12.3 Å². The van der Waals surface area contributed by atoms with Crippen LogP contribution in [0.4, 0.5) is 0 Å². The molecular weight excluding hydrogens is 148 g/mol. The van der Waals surface area contributed by atoms with Gasteiger partial charge in [0.2, 0.25) is 0 Å². The molecule has 1 heteroatoms. The van der Waals surface area contributed by atoms with Crippen LogP contribution in [0.1, 0.15) is 52.9 Å². The van der Waals surface area contributed by atoms with Gasteiger partial charge in [-0.1, -0.05) is 33.6 Å². The molecule has 0 spiro atoms. The van der Waals surface area contributed by atoms with Crippen molar-refractivity contribution in [2.75, 3.05) is 0 Å². The Hall–Kier alpha value is -0.330. The third-order valence-electron chi connectivity index (χ3n) is 3.17. The van der Waals surface area contributed by atoms with E-state index in [-0.39, 0.29) is 5.41 Å². The molecule has 1 aliphatic rings. The fourth-order valence-electron chi connectivity index (χ4n) is 1.47. The monoisotopic (exact) mass is 168 g/mol. The molecule has 0 atom stereocenters. The summed E-state index contributed by atoms with van der Waals surface area (Å²) >= 11 is 0. The molecule has 0 saturated heterocycles. The summed E-state index contributed by atoms with van der Waals surface area (Å²) in [6.45, 7) is 6.53. The molecule has 0 unspecified atom stereocenters. The molecule has 1 rings (SSSR count). The predicted octanol–water partition coefficient (Wildman–Crippen LogP) is 3.18. The maximum Gasteiger partial charge on any atom is 0.136 e. The summed E-state index contributed by atoms with van der Waals surface area (Å²) < 4.78 is 0. The molecule has 70 valence electrons. The second-order valence-electron chi connectivity index (χ2n) is 4.79. The van der Waals surface area contributed by atoms with Gasteiger partial charge in [0.05, 0.1) is 0 Å². The average Bonchev–Trinajstić information content (AvgIpc) is 1.82. The number of rotatable bonds is 4. The Morgan fingerprint density at radius 3 is 2.33 bits per heavy atom. The van der Waals surface area contributed by atoms with E-state index in [1.54, 1.807) is 0 Å². The van der Waals surface area contributed by atoms with Crippen LogP contribution < -0.4 is 0 Å². The summed E-state index contributed by atoms with van der Waals surface area (Å²) in [5.41, 5.74) is 0.229. The average molecular weight is 168 g/mol. The highest BCUT2D eigenvalue weighted by Gasteiger charge is 2.29. The Bertz CT molecular complexity index is 166. The predicted molar refractivity (Wildman–Crippen MR) is 51.0 cm³/mol. The highest BCUT2D eigenvalue weighted by atomic mass is 16.1. The third-order valence-corrected chi connectivity index (χ3v) is 3.17. The van der Waals surface area contributed by atoms with E-state index in [1.807, 2.05) is 0 Å². The van der Waals surface area contributed by atoms with Gasteiger partial charge in [-0.2, -0.15) is 0 Å². The molecule has 0 aromatic heterocycles. The van der Waals surface area contributed by atoms with Crippen LogP contribution in [0.5, 0.6) is 0 Å². The molecule has 1 nitrogen and oxygen atoms in total. The molecule has 0 N–H and O–H groups in total. The Labute approximate surface area is 75.5 Å². The topological polar surface area (TPSA) is 17.1 Å². The molecule has 0 aromatic carbocycles. The SMILES string of the molecule is CCC(C)(C)CC(=O)C1CCC1. The van der Waals surface area contributed by atoms with Gasteiger partial charge in [-0.25, -0.2) is 0 Å². The standard InChI is InChI=1S/C11H20O/c1-4-11(2,3)8-10(12)9-6-5-7-9/h9H,4-8H2,1-3H3. The zero-order valence-electron chi connectivity index (χ0n) is 8.52. The first kappa shape index (κ1) is 9.76. The van der Waals surface area contributed by atoms with Crippen molar-refractivity contribution in [2.45, 2.75) is 52.9 Å². The van der Waals surface area contributed by atoms with E-state index in [0.717, 1.165) is 25.7 Å². The molecule has 0 amide bonds. The number of ketones is 1. The van der Waals surface area contributed by atoms with E-state index in [9.17, 15) is 4.79 Å². The Kier molecular flexibility index (Phi) is 2.92. The van der Waals surface area contributed by atoms with Crippen LogP contribution in [0.3, 0.4) is 0 Å². The van der Waals surface area contributed by atoms with Crippen molar-refractivity contribution in [3.05, 3.63) is 0 Å². The summed E-state index contributed by atoms with van der Waals surface area (Å²) in [7, 11) is 0. The van der Waals surface area contributed by atoms with Crippen LogP contribution in [0.25, 0.3) is 0 Å². The molecule has 0 radical (unpaired) electrons. The first-order valence-electron chi connectivity index (χ1n) is 5.08. The van der Waals surface area contributed by atoms with Crippen LogP contribution in [0, 0.1) is 11.3 Å². The fraction of sp³-hybridized carbons (Fsp3) is 0.909. The number of carbonyl (C=O) groups is 1. The molecule has 1 fully saturated rings. The normalized spacial score (nSPS) is 18.9. The smallest absolute Gasteiger partial charge is 0.136 e. The van der Waals surface area contributed by atoms with Crippen LogP contribution in [0.15, 0.2) is 0 Å². The van der Waals surface area contributed by atoms with Crippen molar-refractivity contribution in [1.82, 2.24) is 0 Å². The largest absolute Gasteiger partial charge is 0.299 e. The second kappa shape index (κ2) is 3.59. The van der Waals surface area contributed by atoms with Gasteiger partial charge in [-0.3, -0.25) is 4.79 Å². The lowest BCUT2D eigenvalue weighted by Crippen LogP contribution is -2.26. The minimum atomic E-state index is 0.229. The van der Waals surface area contributed by atoms with E-state index in [1.165, 1.54) is 6.42 Å².